The first-order valence-electron chi connectivity index (χ1n) is 55.5. The number of ether oxygens (including phenoxy) is 4. The summed E-state index contributed by atoms with van der Waals surface area (Å²) in [5, 5.41) is 23.1. The largest absolute Gasteiger partial charge is 0.481 e. The lowest BCUT2D eigenvalue weighted by Crippen LogP contribution is -2.53. The number of rotatable bonds is 58. The van der Waals surface area contributed by atoms with Crippen molar-refractivity contribution in [2.24, 2.45) is 35.5 Å². The van der Waals surface area contributed by atoms with E-state index < -0.39 is 102 Å². The zero-order chi connectivity index (χ0) is 108. The van der Waals surface area contributed by atoms with Gasteiger partial charge in [-0.3, -0.25) is 57.5 Å². The number of ketones is 4. The number of carbonyl (C=O) groups is 14. The van der Waals surface area contributed by atoms with Crippen molar-refractivity contribution in [2.45, 2.75) is 413 Å². The van der Waals surface area contributed by atoms with Gasteiger partial charge >= 0.3 is 17.9 Å². The van der Waals surface area contributed by atoms with Crippen LogP contribution in [0, 0.1) is 35.5 Å². The molecule has 27 nitrogen and oxygen atoms in total. The number of hydrogen-bond acceptors (Lipinski definition) is 19. The van der Waals surface area contributed by atoms with E-state index in [4.69, 9.17) is 24.1 Å². The second kappa shape index (κ2) is 69.8. The summed E-state index contributed by atoms with van der Waals surface area (Å²) in [6, 6.07) is 12.4. The number of nitrogens with zero attached hydrogens (tertiary/aromatic N) is 3. The summed E-state index contributed by atoms with van der Waals surface area (Å²) in [5.41, 5.74) is 10.8. The second-order valence-corrected chi connectivity index (χ2v) is 42.0. The number of allylic oxidation sites excluding steroid dienone is 12. The Morgan fingerprint density at radius 3 is 1.14 bits per heavy atom. The van der Waals surface area contributed by atoms with Crippen LogP contribution < -0.4 is 26.6 Å². The lowest BCUT2D eigenvalue weighted by Gasteiger charge is -2.37. The Balaban J connectivity index is 0.000000375. The molecule has 147 heavy (non-hydrogen) atoms. The minimum atomic E-state index is -1.07. The number of nitrogens with one attached hydrogen (secondary N) is 5. The molecule has 816 valence electrons. The topological polar surface area (TPSA) is 366 Å². The van der Waals surface area contributed by atoms with Crippen LogP contribution in [0.25, 0.3) is 0 Å². The summed E-state index contributed by atoms with van der Waals surface area (Å²) in [7, 11) is 9.17. The van der Waals surface area contributed by atoms with Crippen LogP contribution in [0.4, 0.5) is 0 Å². The van der Waals surface area contributed by atoms with Gasteiger partial charge in [-0.25, -0.2) is 9.59 Å². The molecule has 14 atom stereocenters. The molecule has 6 N–H and O–H groups in total. The fraction of sp³-hybridized carbons (Fsp3) is 0.650. The third-order valence-electron chi connectivity index (χ3n) is 29.9. The van der Waals surface area contributed by atoms with Crippen LogP contribution >= 0.6 is 0 Å². The highest BCUT2D eigenvalue weighted by molar-refractivity contribution is 5.98. The van der Waals surface area contributed by atoms with Crippen LogP contribution in [-0.4, -0.2) is 206 Å². The number of aliphatic carboxylic acids is 1. The van der Waals surface area contributed by atoms with Gasteiger partial charge in [0, 0.05) is 103 Å². The Labute approximate surface area is 879 Å². The van der Waals surface area contributed by atoms with Crippen LogP contribution in [-0.2, 0) is 99.3 Å². The molecule has 7 amide bonds. The number of benzene rings is 2. The minimum absolute atomic E-state index is 0.0108. The van der Waals surface area contributed by atoms with Crippen LogP contribution in [0.2, 0.25) is 0 Å². The van der Waals surface area contributed by atoms with Gasteiger partial charge in [-0.05, 0) is 141 Å². The lowest BCUT2D eigenvalue weighted by atomic mass is 9.74. The number of carboxylic acids is 1. The summed E-state index contributed by atoms with van der Waals surface area (Å²) < 4.78 is 21.8. The highest BCUT2D eigenvalue weighted by Crippen LogP contribution is 2.42. The van der Waals surface area contributed by atoms with Crippen molar-refractivity contribution >= 4 is 82.4 Å². The predicted octanol–water partition coefficient (Wildman–Crippen LogP) is 20.7. The van der Waals surface area contributed by atoms with Crippen molar-refractivity contribution in [3.63, 3.8) is 0 Å². The predicted molar refractivity (Wildman–Crippen MR) is 580 cm³/mol. The molecule has 4 aliphatic carbocycles. The van der Waals surface area contributed by atoms with E-state index in [1.54, 1.807) is 49.0 Å². The van der Waals surface area contributed by atoms with Crippen LogP contribution in [0.15, 0.2) is 154 Å². The number of fused-ring (bicyclic) bond motifs is 8. The van der Waals surface area contributed by atoms with Gasteiger partial charge in [-0.15, -0.1) is 0 Å². The molecule has 2 aromatic carbocycles. The molecule has 27 heteroatoms. The monoisotopic (exact) mass is 2040 g/mol. The Morgan fingerprint density at radius 2 is 0.776 bits per heavy atom. The molecule has 0 aromatic heterocycles. The van der Waals surface area contributed by atoms with Crippen molar-refractivity contribution in [2.75, 3.05) is 55.6 Å². The van der Waals surface area contributed by atoms with E-state index in [1.165, 1.54) is 200 Å². The molecule has 2 unspecified atom stereocenters. The SMILES string of the molecule is CCCCCCCCCCCCCCCCCC(=O)N(C)[C@H](COCc1ccccc1)C(=O)N[C@H](C)C(=O)CCC(=O)N(C)[C@@H]1C(=O)C[C@@H](C)C(=O)N[C@H](C(=O)OC)CC2=CCC(C)C(=C2)C2=C(C)C=C[C@H]1C2.CCCCCCCCCCCCCCCCCC(=O)N(C)[C@H](COCc1ccccc1)C(=O)N[C@H](C)C(=O)CCC(=O)O.CN[C@@H]1C(=O)C[C@@H](C)C(=O)N[C@H](C(=O)OC)CC2=CCC(C)C(=C2)C2=C(C)C=C[C@H]1C2. The number of amides is 7. The second-order valence-electron chi connectivity index (χ2n) is 42.0. The van der Waals surface area contributed by atoms with E-state index in [0.29, 0.717) is 38.2 Å². The first-order chi connectivity index (χ1) is 70.6. The fourth-order valence-corrected chi connectivity index (χ4v) is 20.2. The van der Waals surface area contributed by atoms with E-state index >= 15 is 0 Å². The van der Waals surface area contributed by atoms with Crippen LogP contribution in [0.5, 0.6) is 0 Å². The highest BCUT2D eigenvalue weighted by atomic mass is 16.5. The molecule has 8 bridgehead atoms. The number of Topliss-reactive ketones (excluding diaryl/α,β-unsaturated/α-hetero) is 4. The summed E-state index contributed by atoms with van der Waals surface area (Å²) in [5.74, 6) is -6.90. The van der Waals surface area contributed by atoms with Gasteiger partial charge in [0.05, 0.1) is 71.2 Å². The Kier molecular flexibility index (Phi) is 59.5. The van der Waals surface area contributed by atoms with Gasteiger partial charge in [0.15, 0.2) is 23.1 Å². The number of esters is 2. The molecule has 2 aromatic rings. The molecule has 0 saturated carbocycles. The van der Waals surface area contributed by atoms with Crippen molar-refractivity contribution in [1.29, 1.82) is 0 Å². The maximum Gasteiger partial charge on any atom is 0.328 e. The third kappa shape index (κ3) is 45.1. The molecule has 8 rings (SSSR count). The van der Waals surface area contributed by atoms with E-state index in [0.717, 1.165) is 103 Å². The Morgan fingerprint density at radius 1 is 0.429 bits per heavy atom. The van der Waals surface area contributed by atoms with E-state index in [1.807, 2.05) is 79.7 Å². The van der Waals surface area contributed by atoms with Gasteiger partial charge in [0.2, 0.25) is 41.4 Å². The molecule has 2 heterocycles. The van der Waals surface area contributed by atoms with Crippen molar-refractivity contribution in [3.8, 4) is 0 Å². The number of likely N-dealkylation sites (N-methyl/N-ethyl adjacent to an activating group) is 4. The summed E-state index contributed by atoms with van der Waals surface area (Å²) >= 11 is 0. The smallest absolute Gasteiger partial charge is 0.328 e. The number of methoxy groups -OCH3 is 2. The number of hydrogen-bond donors (Lipinski definition) is 6. The molecule has 0 fully saturated rings. The minimum Gasteiger partial charge on any atom is -0.481 e. The number of unbranched alkanes of at least 4 members (excludes halogenated alkanes) is 28. The first-order valence-corrected chi connectivity index (χ1v) is 55.5. The zero-order valence-corrected chi connectivity index (χ0v) is 92.1. The lowest BCUT2D eigenvalue weighted by molar-refractivity contribution is -0.146. The fourth-order valence-electron chi connectivity index (χ4n) is 20.2. The average molecular weight is 2040 g/mol. The maximum atomic E-state index is 14.4. The maximum absolute atomic E-state index is 14.4. The van der Waals surface area contributed by atoms with E-state index in [-0.39, 0.29) is 123 Å². The molecule has 2 aliphatic heterocycles. The van der Waals surface area contributed by atoms with Crippen molar-refractivity contribution in [1.82, 2.24) is 41.3 Å². The zero-order valence-electron chi connectivity index (χ0n) is 92.1. The molecular formula is C120H182N8O19. The van der Waals surface area contributed by atoms with Gasteiger partial charge in [-0.1, -0.05) is 331 Å². The van der Waals surface area contributed by atoms with Gasteiger partial charge in [0.1, 0.15) is 24.2 Å². The highest BCUT2D eigenvalue weighted by Gasteiger charge is 2.41. The average Bonchev–Trinajstić information content (AvgIpc) is 0.791. The van der Waals surface area contributed by atoms with E-state index in [2.05, 4.69) is 97.7 Å². The molecule has 6 aliphatic rings. The van der Waals surface area contributed by atoms with Crippen molar-refractivity contribution < 1.29 is 91.2 Å². The standard InChI is InChI=1S/C60H90N4O9.C35H58N2O6.C25H34N2O4/c1-9-10-11-12-13-14-15-16-17-18-19-20-21-22-26-29-55(67)63(6)52(41-73-40-46-27-24-23-25-28-46)59(70)61-45(5)53(65)34-35-56(68)64(7)57-48-33-31-43(3)50(39-48)49-37-47(32-30-42(49)2)38-51(60(71)72-8)62-58(69)44(4)36-54(57)66;1-4-5-6-7-8-9-10-11-12-13-14-15-16-17-21-24-33(39)37(3)31(28-43-27-30-22-19-18-20-23-30)35(42)36-29(2)32(38)25-26-34(40)41;1-14-6-8-17-11-19(14)20-13-18(9-7-15(20)2)23(26-4)22(28)10-16(3)24(29)27-21(12-17)25(30)31-5/h23-25,27-28,31-33,37,42,44-45,48,51-52,57H,9-22,26,29-30,34-36,38-41H2,1-8H3,(H,61,70)(H,62,69);18-20,22-23,29,31H,4-17,21,24-28H2,1-3H3,(H,36,42)(H,40,41);7-9,11,14,16,18,21,23,26H,6,10,12-13H2,1-5H3,(H,27,29)/t42?,44-,45-,48+,51+,52-,57+;29-,31-;14?,16-,18+,21+,23+/m111/s1. The van der Waals surface area contributed by atoms with E-state index in [9.17, 15) is 67.1 Å². The van der Waals surface area contributed by atoms with Crippen LogP contribution in [0.3, 0.4) is 0 Å². The normalized spacial score (nSPS) is 20.8. The van der Waals surface area contributed by atoms with Crippen molar-refractivity contribution in [3.05, 3.63) is 165 Å². The first kappa shape index (κ1) is 125. The molecular weight excluding hydrogens is 1860 g/mol. The molecule has 0 saturated heterocycles. The Bertz CT molecular complexity index is 4780. The summed E-state index contributed by atoms with van der Waals surface area (Å²) in [6.07, 6.45) is 57.0. The van der Waals surface area contributed by atoms with Gasteiger partial charge in [0.25, 0.3) is 0 Å². The van der Waals surface area contributed by atoms with Gasteiger partial charge < -0.3 is 65.3 Å². The molecule has 0 spiro atoms. The number of carbonyl (C=O) groups excluding carboxylic acids is 13. The summed E-state index contributed by atoms with van der Waals surface area (Å²) in [6.45, 7) is 19.9. The molecule has 0 radical (unpaired) electrons. The Hall–Kier alpha value is -10.4. The van der Waals surface area contributed by atoms with Gasteiger partial charge in [-0.2, -0.15) is 0 Å². The summed E-state index contributed by atoms with van der Waals surface area (Å²) in [4.78, 5) is 188. The quantitative estimate of drug-likeness (QED) is 0.0265. The third-order valence-corrected chi connectivity index (χ3v) is 29.9. The van der Waals surface area contributed by atoms with Crippen LogP contribution in [0.1, 0.15) is 363 Å². The number of carboxylic acid groups (broad SMARTS) is 1.